The van der Waals surface area contributed by atoms with Crippen LogP contribution in [0.25, 0.3) is 0 Å². The molecule has 1 aliphatic rings. The molecule has 22 heavy (non-hydrogen) atoms. The van der Waals surface area contributed by atoms with Crippen LogP contribution in [0.2, 0.25) is 0 Å². The molecule has 1 aliphatic heterocycles. The van der Waals surface area contributed by atoms with E-state index in [1.54, 1.807) is 0 Å². The molecule has 0 aromatic heterocycles. The Balaban J connectivity index is 0.00000242. The number of hydrogen-bond acceptors (Lipinski definition) is 3. The van der Waals surface area contributed by atoms with Gasteiger partial charge < -0.3 is 5.73 Å². The van der Waals surface area contributed by atoms with Gasteiger partial charge in [-0.1, -0.05) is 0 Å². The minimum Gasteiger partial charge on any atom is -0.368 e. The van der Waals surface area contributed by atoms with E-state index < -0.39 is 56.0 Å². The molecule has 1 aromatic rings. The molecule has 0 bridgehead atoms. The Morgan fingerprint density at radius 1 is 1.00 bits per heavy atom. The molecule has 5 nitrogen and oxygen atoms in total. The predicted molar refractivity (Wildman–Crippen MR) is 65.0 cm³/mol. The first-order chi connectivity index (χ1) is 9.60. The average Bonchev–Trinajstić information content (AvgIpc) is 2.31. The molecule has 1 amide bonds. The second-order valence-electron chi connectivity index (χ2n) is 4.22. The fourth-order valence-corrected chi connectivity index (χ4v) is 3.62. The minimum atomic E-state index is -5.08. The van der Waals surface area contributed by atoms with E-state index in [9.17, 15) is 35.2 Å². The van der Waals surface area contributed by atoms with E-state index >= 15 is 0 Å². The normalized spacial score (nSPS) is 18.5. The number of amides is 1. The summed E-state index contributed by atoms with van der Waals surface area (Å²) in [4.78, 5) is 8.95. The summed E-state index contributed by atoms with van der Waals surface area (Å²) in [6.07, 6.45) is -0.00996. The summed E-state index contributed by atoms with van der Waals surface area (Å²) in [6.45, 7) is -0.324. The van der Waals surface area contributed by atoms with Gasteiger partial charge in [-0.05, 0) is 6.42 Å². The van der Waals surface area contributed by atoms with Crippen LogP contribution in [0.15, 0.2) is 4.90 Å². The maximum Gasteiger partial charge on any atom is 0.249 e. The summed E-state index contributed by atoms with van der Waals surface area (Å²) in [5.41, 5.74) is 4.88. The Hall–Kier alpha value is -1.46. The highest BCUT2D eigenvalue weighted by atomic mass is 35.5. The number of halogens is 6. The number of nitrogens with two attached hydrogens (primary N) is 1. The Bertz CT molecular complexity index is 714. The van der Waals surface area contributed by atoms with E-state index in [1.165, 1.54) is 0 Å². The molecule has 0 spiro atoms. The maximum absolute atomic E-state index is 13.5. The van der Waals surface area contributed by atoms with E-state index in [2.05, 4.69) is 0 Å². The van der Waals surface area contributed by atoms with Gasteiger partial charge in [0.05, 0.1) is 0 Å². The third kappa shape index (κ3) is 2.52. The van der Waals surface area contributed by atoms with Gasteiger partial charge in [0.1, 0.15) is 6.04 Å². The van der Waals surface area contributed by atoms with Gasteiger partial charge in [0.2, 0.25) is 21.7 Å². The van der Waals surface area contributed by atoms with Crippen molar-refractivity contribution in [2.24, 2.45) is 5.73 Å². The SMILES string of the molecule is Cl.NC(=O)C1CCN1S(=O)(=O)c1c(F)c(F)c(F)c(F)c1F. The zero-order chi connectivity index (χ0) is 16.1. The molecule has 0 saturated carbocycles. The van der Waals surface area contributed by atoms with Gasteiger partial charge >= 0.3 is 0 Å². The van der Waals surface area contributed by atoms with Crippen molar-refractivity contribution in [1.82, 2.24) is 4.31 Å². The number of primary amides is 1. The van der Waals surface area contributed by atoms with Crippen molar-refractivity contribution in [2.45, 2.75) is 17.4 Å². The Morgan fingerprint density at radius 3 is 1.73 bits per heavy atom. The first-order valence-electron chi connectivity index (χ1n) is 5.43. The van der Waals surface area contributed by atoms with Crippen LogP contribution in [0.1, 0.15) is 6.42 Å². The van der Waals surface area contributed by atoms with Crippen LogP contribution in [0.5, 0.6) is 0 Å². The third-order valence-corrected chi connectivity index (χ3v) is 4.96. The lowest BCUT2D eigenvalue weighted by molar-refractivity contribution is -0.124. The molecule has 1 unspecified atom stereocenters. The molecule has 1 aromatic carbocycles. The smallest absolute Gasteiger partial charge is 0.249 e. The molecule has 124 valence electrons. The predicted octanol–water partition coefficient (Wildman–Crippen LogP) is 1.05. The number of nitrogens with zero attached hydrogens (tertiary/aromatic N) is 1. The van der Waals surface area contributed by atoms with Crippen LogP contribution >= 0.6 is 12.4 Å². The Labute approximate surface area is 127 Å². The van der Waals surface area contributed by atoms with Crippen LogP contribution in [0.3, 0.4) is 0 Å². The molecule has 2 N–H and O–H groups in total. The fraction of sp³-hybridized carbons (Fsp3) is 0.300. The molecule has 1 atom stereocenters. The second-order valence-corrected chi connectivity index (χ2v) is 6.05. The van der Waals surface area contributed by atoms with E-state index in [1.807, 2.05) is 0 Å². The van der Waals surface area contributed by atoms with Gasteiger partial charge in [-0.3, -0.25) is 4.79 Å². The van der Waals surface area contributed by atoms with Crippen molar-refractivity contribution < 1.29 is 35.2 Å². The van der Waals surface area contributed by atoms with E-state index in [0.29, 0.717) is 0 Å². The molecular weight excluding hydrogens is 359 g/mol. The third-order valence-electron chi connectivity index (χ3n) is 3.04. The minimum absolute atomic E-state index is 0. The molecule has 1 heterocycles. The molecule has 0 radical (unpaired) electrons. The van der Waals surface area contributed by atoms with Crippen molar-refractivity contribution in [3.63, 3.8) is 0 Å². The topological polar surface area (TPSA) is 80.5 Å². The summed E-state index contributed by atoms with van der Waals surface area (Å²) in [6, 6.07) is -1.38. The molecular formula is C10H8ClF5N2O3S. The van der Waals surface area contributed by atoms with Crippen molar-refractivity contribution in [3.8, 4) is 0 Å². The lowest BCUT2D eigenvalue weighted by Crippen LogP contribution is -2.57. The standard InChI is InChI=1S/C10H7F5N2O3S.ClH/c11-4-5(12)7(14)9(8(15)6(4)13)21(19,20)17-2-1-3(17)10(16)18;/h3H,1-2H2,(H2,16,18);1H. The fourth-order valence-electron chi connectivity index (χ4n) is 1.86. The lowest BCUT2D eigenvalue weighted by atomic mass is 10.1. The van der Waals surface area contributed by atoms with Crippen molar-refractivity contribution >= 4 is 28.3 Å². The summed E-state index contributed by atoms with van der Waals surface area (Å²) < 4.78 is 90.2. The number of sulfonamides is 1. The van der Waals surface area contributed by atoms with Crippen molar-refractivity contribution in [3.05, 3.63) is 29.1 Å². The van der Waals surface area contributed by atoms with Gasteiger partial charge in [0.25, 0.3) is 0 Å². The van der Waals surface area contributed by atoms with E-state index in [-0.39, 0.29) is 29.7 Å². The number of carbonyl (C=O) groups excluding carboxylic acids is 1. The largest absolute Gasteiger partial charge is 0.368 e. The van der Waals surface area contributed by atoms with Gasteiger partial charge in [-0.25, -0.2) is 30.4 Å². The lowest BCUT2D eigenvalue weighted by Gasteiger charge is -2.37. The highest BCUT2D eigenvalue weighted by Gasteiger charge is 2.45. The number of hydrogen-bond donors (Lipinski definition) is 1. The quantitative estimate of drug-likeness (QED) is 0.493. The van der Waals surface area contributed by atoms with E-state index in [0.717, 1.165) is 0 Å². The van der Waals surface area contributed by atoms with Crippen molar-refractivity contribution in [2.75, 3.05) is 6.54 Å². The first-order valence-corrected chi connectivity index (χ1v) is 6.87. The molecule has 0 aliphatic carbocycles. The van der Waals surface area contributed by atoms with Crippen molar-refractivity contribution in [1.29, 1.82) is 0 Å². The number of rotatable bonds is 3. The second kappa shape index (κ2) is 5.97. The zero-order valence-electron chi connectivity index (χ0n) is 10.4. The monoisotopic (exact) mass is 366 g/mol. The summed E-state index contributed by atoms with van der Waals surface area (Å²) in [5, 5.41) is 0. The van der Waals surface area contributed by atoms with Crippen LogP contribution < -0.4 is 5.73 Å². The summed E-state index contributed by atoms with van der Waals surface area (Å²) in [5.74, 6) is -13.3. The average molecular weight is 367 g/mol. The Morgan fingerprint density at radius 2 is 1.41 bits per heavy atom. The number of carbonyl (C=O) groups is 1. The van der Waals surface area contributed by atoms with Gasteiger partial charge in [0.15, 0.2) is 28.2 Å². The van der Waals surface area contributed by atoms with Gasteiger partial charge in [-0.2, -0.15) is 4.31 Å². The summed E-state index contributed by atoms with van der Waals surface area (Å²) >= 11 is 0. The first kappa shape index (κ1) is 18.6. The molecule has 12 heteroatoms. The highest BCUT2D eigenvalue weighted by molar-refractivity contribution is 7.89. The summed E-state index contributed by atoms with van der Waals surface area (Å²) in [7, 11) is -5.08. The molecule has 2 rings (SSSR count). The van der Waals surface area contributed by atoms with Gasteiger partial charge in [-0.15, -0.1) is 12.4 Å². The number of benzene rings is 1. The van der Waals surface area contributed by atoms with Crippen LogP contribution in [-0.2, 0) is 14.8 Å². The molecule has 1 fully saturated rings. The van der Waals surface area contributed by atoms with Gasteiger partial charge in [0, 0.05) is 6.54 Å². The van der Waals surface area contributed by atoms with Crippen LogP contribution in [-0.4, -0.2) is 31.2 Å². The van der Waals surface area contributed by atoms with Crippen LogP contribution in [0.4, 0.5) is 22.0 Å². The van der Waals surface area contributed by atoms with E-state index in [4.69, 9.17) is 5.73 Å². The van der Waals surface area contributed by atoms with Crippen LogP contribution in [0, 0.1) is 29.1 Å². The zero-order valence-corrected chi connectivity index (χ0v) is 12.1. The molecule has 1 saturated heterocycles. The Kier molecular flexibility index (Phi) is 5.04. The maximum atomic E-state index is 13.5. The highest BCUT2D eigenvalue weighted by Crippen LogP contribution is 2.33.